The lowest BCUT2D eigenvalue weighted by Crippen LogP contribution is -2.29. The molecule has 1 aliphatic heterocycles. The molecule has 4 rings (SSSR count). The number of aromatic nitrogens is 4. The summed E-state index contributed by atoms with van der Waals surface area (Å²) >= 11 is 0. The molecule has 10 heteroatoms. The van der Waals surface area contributed by atoms with Crippen LogP contribution in [0.1, 0.15) is 10.5 Å². The van der Waals surface area contributed by atoms with Crippen molar-refractivity contribution in [3.8, 4) is 11.5 Å². The van der Waals surface area contributed by atoms with Crippen LogP contribution in [0.4, 0.5) is 16.3 Å². The van der Waals surface area contributed by atoms with Gasteiger partial charge in [0.1, 0.15) is 12.0 Å². The van der Waals surface area contributed by atoms with Crippen LogP contribution in [0.15, 0.2) is 41.4 Å². The van der Waals surface area contributed by atoms with Gasteiger partial charge in [-0.25, -0.2) is 9.78 Å². The minimum absolute atomic E-state index is 0.123. The van der Waals surface area contributed by atoms with Crippen LogP contribution in [0, 0.1) is 0 Å². The fraction of sp³-hybridized carbons (Fsp3) is 0.188. The lowest BCUT2D eigenvalue weighted by molar-refractivity contribution is 0.102. The van der Waals surface area contributed by atoms with E-state index in [9.17, 15) is 9.59 Å². The van der Waals surface area contributed by atoms with Gasteiger partial charge in [-0.1, -0.05) is 0 Å². The van der Waals surface area contributed by atoms with Gasteiger partial charge in [0.15, 0.2) is 11.5 Å². The minimum atomic E-state index is -0.456. The molecule has 1 saturated heterocycles. The van der Waals surface area contributed by atoms with E-state index in [0.717, 1.165) is 5.56 Å². The minimum Gasteiger partial charge on any atom is -0.444 e. The van der Waals surface area contributed by atoms with Crippen molar-refractivity contribution in [2.45, 2.75) is 0 Å². The standard InChI is InChI=1S/C16H15N7O3/c1-22-8-11(13(21-22)23-7-6-18-16(23)25)19-14(24)12-9-26-15(20-12)10-2-4-17-5-3-10/h2-5,8-9H,6-7H2,1H3,(H,18,25)(H,19,24). The van der Waals surface area contributed by atoms with Gasteiger partial charge in [-0.15, -0.1) is 0 Å². The van der Waals surface area contributed by atoms with Crippen LogP contribution in [-0.2, 0) is 7.05 Å². The van der Waals surface area contributed by atoms with E-state index in [1.807, 2.05) is 0 Å². The second-order valence-electron chi connectivity index (χ2n) is 5.65. The van der Waals surface area contributed by atoms with Crippen LogP contribution in [0.2, 0.25) is 0 Å². The highest BCUT2D eigenvalue weighted by Gasteiger charge is 2.27. The lowest BCUT2D eigenvalue weighted by atomic mass is 10.3. The molecule has 1 fully saturated rings. The van der Waals surface area contributed by atoms with Crippen molar-refractivity contribution >= 4 is 23.4 Å². The molecule has 3 aromatic heterocycles. The number of nitrogens with zero attached hydrogens (tertiary/aromatic N) is 5. The molecule has 132 valence electrons. The maximum absolute atomic E-state index is 12.5. The molecule has 3 aromatic rings. The molecule has 0 saturated carbocycles. The Morgan fingerprint density at radius 1 is 1.35 bits per heavy atom. The number of pyridine rings is 1. The van der Waals surface area contributed by atoms with Crippen LogP contribution < -0.4 is 15.5 Å². The maximum Gasteiger partial charge on any atom is 0.323 e. The summed E-state index contributed by atoms with van der Waals surface area (Å²) in [7, 11) is 1.71. The molecule has 0 aliphatic carbocycles. The molecule has 2 N–H and O–H groups in total. The van der Waals surface area contributed by atoms with E-state index < -0.39 is 5.91 Å². The van der Waals surface area contributed by atoms with E-state index in [0.29, 0.717) is 30.5 Å². The predicted octanol–water partition coefficient (Wildman–Crippen LogP) is 1.25. The fourth-order valence-electron chi connectivity index (χ4n) is 2.63. The van der Waals surface area contributed by atoms with Crippen LogP contribution in [0.25, 0.3) is 11.5 Å². The Morgan fingerprint density at radius 2 is 2.15 bits per heavy atom. The van der Waals surface area contributed by atoms with Crippen molar-refractivity contribution in [2.75, 3.05) is 23.3 Å². The van der Waals surface area contributed by atoms with Crippen LogP contribution in [0.3, 0.4) is 0 Å². The van der Waals surface area contributed by atoms with Gasteiger partial charge >= 0.3 is 6.03 Å². The number of rotatable bonds is 4. The normalized spacial score (nSPS) is 13.7. The third-order valence-corrected chi connectivity index (χ3v) is 3.83. The number of urea groups is 1. The van der Waals surface area contributed by atoms with E-state index in [1.54, 1.807) is 37.8 Å². The van der Waals surface area contributed by atoms with Gasteiger partial charge in [0.2, 0.25) is 5.89 Å². The molecule has 0 spiro atoms. The molecule has 0 unspecified atom stereocenters. The first-order valence-electron chi connectivity index (χ1n) is 7.88. The van der Waals surface area contributed by atoms with E-state index in [2.05, 4.69) is 25.7 Å². The van der Waals surface area contributed by atoms with Gasteiger partial charge in [-0.05, 0) is 12.1 Å². The smallest absolute Gasteiger partial charge is 0.323 e. The zero-order chi connectivity index (χ0) is 18.1. The predicted molar refractivity (Wildman–Crippen MR) is 91.6 cm³/mol. The number of carbonyl (C=O) groups excluding carboxylic acids is 2. The maximum atomic E-state index is 12.5. The topological polar surface area (TPSA) is 118 Å². The number of carbonyl (C=O) groups is 2. The number of nitrogens with one attached hydrogen (secondary N) is 2. The van der Waals surface area contributed by atoms with E-state index in [-0.39, 0.29) is 11.7 Å². The second-order valence-corrected chi connectivity index (χ2v) is 5.65. The van der Waals surface area contributed by atoms with Crippen LogP contribution >= 0.6 is 0 Å². The van der Waals surface area contributed by atoms with E-state index in [1.165, 1.54) is 15.8 Å². The van der Waals surface area contributed by atoms with Crippen molar-refractivity contribution in [2.24, 2.45) is 7.05 Å². The number of hydrogen-bond donors (Lipinski definition) is 2. The first-order chi connectivity index (χ1) is 12.6. The summed E-state index contributed by atoms with van der Waals surface area (Å²) in [5, 5.41) is 9.69. The Balaban J connectivity index is 1.56. The van der Waals surface area contributed by atoms with Gasteiger partial charge in [0, 0.05) is 38.1 Å². The van der Waals surface area contributed by atoms with E-state index in [4.69, 9.17) is 4.42 Å². The molecule has 0 bridgehead atoms. The Kier molecular flexibility index (Phi) is 3.84. The summed E-state index contributed by atoms with van der Waals surface area (Å²) in [5.74, 6) is 0.250. The molecule has 0 atom stereocenters. The Labute approximate surface area is 147 Å². The fourth-order valence-corrected chi connectivity index (χ4v) is 2.63. The summed E-state index contributed by atoms with van der Waals surface area (Å²) < 4.78 is 6.90. The third-order valence-electron chi connectivity index (χ3n) is 3.83. The average molecular weight is 353 g/mol. The van der Waals surface area contributed by atoms with Gasteiger partial charge in [-0.3, -0.25) is 19.4 Å². The number of oxazole rings is 1. The third kappa shape index (κ3) is 2.88. The quantitative estimate of drug-likeness (QED) is 0.729. The van der Waals surface area contributed by atoms with Crippen LogP contribution in [-0.4, -0.2) is 44.8 Å². The highest BCUT2D eigenvalue weighted by Crippen LogP contribution is 2.26. The summed E-state index contributed by atoms with van der Waals surface area (Å²) in [5.41, 5.74) is 1.26. The summed E-state index contributed by atoms with van der Waals surface area (Å²) in [4.78, 5) is 34.0. The van der Waals surface area contributed by atoms with Gasteiger partial charge < -0.3 is 15.1 Å². The average Bonchev–Trinajstić information content (AvgIpc) is 3.36. The zero-order valence-corrected chi connectivity index (χ0v) is 13.8. The number of amides is 3. The first-order valence-corrected chi connectivity index (χ1v) is 7.88. The second kappa shape index (κ2) is 6.31. The van der Waals surface area contributed by atoms with Gasteiger partial charge in [0.05, 0.1) is 6.20 Å². The SMILES string of the molecule is Cn1cc(NC(=O)c2coc(-c3ccncc3)n2)c(N2CCNC2=O)n1. The first kappa shape index (κ1) is 15.8. The number of hydrogen-bond acceptors (Lipinski definition) is 6. The molecule has 10 nitrogen and oxygen atoms in total. The summed E-state index contributed by atoms with van der Waals surface area (Å²) in [6.07, 6.45) is 6.14. The molecular formula is C16H15N7O3. The highest BCUT2D eigenvalue weighted by molar-refractivity contribution is 6.06. The zero-order valence-electron chi connectivity index (χ0n) is 13.8. The molecule has 0 radical (unpaired) electrons. The van der Waals surface area contributed by atoms with E-state index >= 15 is 0 Å². The summed E-state index contributed by atoms with van der Waals surface area (Å²) in [6, 6.07) is 3.22. The van der Waals surface area contributed by atoms with Crippen molar-refractivity contribution in [3.63, 3.8) is 0 Å². The molecule has 4 heterocycles. The van der Waals surface area contributed by atoms with Gasteiger partial charge in [0.25, 0.3) is 5.91 Å². The van der Waals surface area contributed by atoms with Crippen molar-refractivity contribution < 1.29 is 14.0 Å². The number of anilines is 2. The molecular weight excluding hydrogens is 338 g/mol. The van der Waals surface area contributed by atoms with Gasteiger partial charge in [-0.2, -0.15) is 5.10 Å². The Bertz CT molecular complexity index is 963. The van der Waals surface area contributed by atoms with Crippen molar-refractivity contribution in [1.29, 1.82) is 0 Å². The molecule has 1 aliphatic rings. The van der Waals surface area contributed by atoms with Crippen molar-refractivity contribution in [3.05, 3.63) is 42.7 Å². The summed E-state index contributed by atoms with van der Waals surface area (Å²) in [6.45, 7) is 1.01. The molecule has 3 amide bonds. The number of aryl methyl sites for hydroxylation is 1. The molecule has 0 aromatic carbocycles. The van der Waals surface area contributed by atoms with Crippen LogP contribution in [0.5, 0.6) is 0 Å². The highest BCUT2D eigenvalue weighted by atomic mass is 16.3. The Morgan fingerprint density at radius 3 is 2.88 bits per heavy atom. The monoisotopic (exact) mass is 353 g/mol. The van der Waals surface area contributed by atoms with Crippen molar-refractivity contribution in [1.82, 2.24) is 25.1 Å². The Hall–Kier alpha value is -3.69. The molecule has 26 heavy (non-hydrogen) atoms. The lowest BCUT2D eigenvalue weighted by Gasteiger charge is -2.12. The largest absolute Gasteiger partial charge is 0.444 e.